The highest BCUT2D eigenvalue weighted by molar-refractivity contribution is 8.01. The van der Waals surface area contributed by atoms with Crippen LogP contribution in [0.3, 0.4) is 0 Å². The van der Waals surface area contributed by atoms with E-state index in [0.29, 0.717) is 6.42 Å². The molecule has 25 heavy (non-hydrogen) atoms. The lowest BCUT2D eigenvalue weighted by molar-refractivity contribution is -0.176. The van der Waals surface area contributed by atoms with Gasteiger partial charge in [-0.3, -0.25) is 14.1 Å². The van der Waals surface area contributed by atoms with Crippen molar-refractivity contribution < 1.29 is 49.6 Å². The minimum atomic E-state index is -6.34. The molecule has 3 rings (SSSR count). The van der Waals surface area contributed by atoms with E-state index in [1.165, 1.54) is 11.8 Å². The van der Waals surface area contributed by atoms with Gasteiger partial charge in [-0.2, -0.15) is 26.0 Å². The molecule has 0 saturated carbocycles. The van der Waals surface area contributed by atoms with Crippen LogP contribution in [-0.4, -0.2) is 59.3 Å². The number of hydrogen-bond acceptors (Lipinski definition) is 7. The number of esters is 2. The van der Waals surface area contributed by atoms with Crippen LogP contribution in [0.4, 0.5) is 17.6 Å². The first-order valence-electron chi connectivity index (χ1n) is 7.12. The van der Waals surface area contributed by atoms with Gasteiger partial charge in [0.2, 0.25) is 0 Å². The molecular formula is C12H12F4O7S2. The number of fused-ring (bicyclic) bond motifs is 1. The normalized spacial score (nSPS) is 34.3. The molecule has 0 aromatic heterocycles. The third kappa shape index (κ3) is 2.79. The van der Waals surface area contributed by atoms with Crippen LogP contribution in [0.5, 0.6) is 0 Å². The lowest BCUT2D eigenvalue weighted by Gasteiger charge is -2.25. The summed E-state index contributed by atoms with van der Waals surface area (Å²) in [5, 5.41) is -6.20. The molecule has 3 fully saturated rings. The first-order chi connectivity index (χ1) is 11.4. The van der Waals surface area contributed by atoms with Gasteiger partial charge in [-0.25, -0.2) is 0 Å². The Morgan fingerprint density at radius 1 is 1.36 bits per heavy atom. The van der Waals surface area contributed by atoms with E-state index in [1.807, 2.05) is 0 Å². The zero-order chi connectivity index (χ0) is 18.8. The second-order valence-electron chi connectivity index (χ2n) is 6.02. The van der Waals surface area contributed by atoms with Gasteiger partial charge in [0.1, 0.15) is 6.10 Å². The van der Waals surface area contributed by atoms with Crippen LogP contribution in [0.1, 0.15) is 12.8 Å². The summed E-state index contributed by atoms with van der Waals surface area (Å²) in [6, 6.07) is 0. The summed E-state index contributed by atoms with van der Waals surface area (Å²) in [5.74, 6) is -8.36. The van der Waals surface area contributed by atoms with Crippen molar-refractivity contribution in [3.8, 4) is 0 Å². The van der Waals surface area contributed by atoms with Gasteiger partial charge in [-0.15, -0.1) is 11.8 Å². The molecule has 0 aromatic carbocycles. The SMILES string of the molecule is O=C(OCCC(F)(F)C(F)(F)S(=O)(=O)O)C1C2CC3OC(=O)C1C3S2. The van der Waals surface area contributed by atoms with Crippen LogP contribution in [-0.2, 0) is 29.2 Å². The highest BCUT2D eigenvalue weighted by Gasteiger charge is 2.66. The maximum absolute atomic E-state index is 13.3. The number of alkyl halides is 4. The third-order valence-electron chi connectivity index (χ3n) is 4.53. The monoisotopic (exact) mass is 408 g/mol. The van der Waals surface area contributed by atoms with Crippen LogP contribution in [0.2, 0.25) is 0 Å². The standard InChI is InChI=1S/C12H12F4O7S2/c13-11(14,12(15,16)25(19,20)21)1-2-22-9(17)6-5-3-4-8(24-5)7(6)10(18)23-4/h4-8H,1-3H2,(H,19,20,21). The van der Waals surface area contributed by atoms with E-state index in [0.717, 1.165) is 0 Å². The average Bonchev–Trinajstić information content (AvgIpc) is 3.06. The Labute approximate surface area is 143 Å². The molecule has 3 aliphatic rings. The van der Waals surface area contributed by atoms with Crippen LogP contribution >= 0.6 is 11.8 Å². The minimum absolute atomic E-state index is 0.208. The molecule has 7 nitrogen and oxygen atoms in total. The highest BCUT2D eigenvalue weighted by atomic mass is 32.2. The Bertz CT molecular complexity index is 708. The molecule has 13 heteroatoms. The predicted octanol–water partition coefficient (Wildman–Crippen LogP) is 1.08. The van der Waals surface area contributed by atoms with E-state index in [9.17, 15) is 35.6 Å². The van der Waals surface area contributed by atoms with Gasteiger partial charge in [0.25, 0.3) is 0 Å². The maximum atomic E-state index is 13.3. The van der Waals surface area contributed by atoms with Gasteiger partial charge < -0.3 is 9.47 Å². The molecule has 3 saturated heterocycles. The fourth-order valence-corrected chi connectivity index (χ4v) is 5.75. The van der Waals surface area contributed by atoms with Crippen molar-refractivity contribution in [2.75, 3.05) is 6.61 Å². The fraction of sp³-hybridized carbons (Fsp3) is 0.833. The average molecular weight is 408 g/mol. The second kappa shape index (κ2) is 5.71. The van der Waals surface area contributed by atoms with Crippen LogP contribution in [0, 0.1) is 11.8 Å². The van der Waals surface area contributed by atoms with Gasteiger partial charge in [0, 0.05) is 5.25 Å². The third-order valence-corrected chi connectivity index (χ3v) is 7.22. The van der Waals surface area contributed by atoms with Crippen molar-refractivity contribution in [3.05, 3.63) is 0 Å². The summed E-state index contributed by atoms with van der Waals surface area (Å²) in [6.45, 7) is -1.19. The molecule has 0 radical (unpaired) electrons. The quantitative estimate of drug-likeness (QED) is 0.395. The van der Waals surface area contributed by atoms with E-state index >= 15 is 0 Å². The molecule has 0 spiro atoms. The first-order valence-corrected chi connectivity index (χ1v) is 9.50. The van der Waals surface area contributed by atoms with Gasteiger partial charge >= 0.3 is 33.2 Å². The number of halogens is 4. The van der Waals surface area contributed by atoms with Crippen molar-refractivity contribution in [2.24, 2.45) is 11.8 Å². The minimum Gasteiger partial charge on any atom is -0.465 e. The van der Waals surface area contributed by atoms with Gasteiger partial charge in [0.05, 0.1) is 30.1 Å². The molecule has 0 aliphatic carbocycles. The Morgan fingerprint density at radius 2 is 2.00 bits per heavy atom. The largest absolute Gasteiger partial charge is 0.465 e. The summed E-state index contributed by atoms with van der Waals surface area (Å²) in [5.41, 5.74) is 0. The van der Waals surface area contributed by atoms with Crippen molar-refractivity contribution in [3.63, 3.8) is 0 Å². The van der Waals surface area contributed by atoms with Gasteiger partial charge in [0.15, 0.2) is 0 Å². The summed E-state index contributed by atoms with van der Waals surface area (Å²) in [4.78, 5) is 23.8. The Morgan fingerprint density at radius 3 is 2.60 bits per heavy atom. The second-order valence-corrected chi connectivity index (χ2v) is 8.90. The molecule has 142 valence electrons. The molecule has 5 atom stereocenters. The number of rotatable bonds is 6. The van der Waals surface area contributed by atoms with E-state index in [-0.39, 0.29) is 16.6 Å². The van der Waals surface area contributed by atoms with Crippen molar-refractivity contribution in [2.45, 2.75) is 40.6 Å². The lowest BCUT2D eigenvalue weighted by Crippen LogP contribution is -2.47. The number of thioether (sulfide) groups is 1. The molecule has 0 amide bonds. The Balaban J connectivity index is 1.60. The zero-order valence-corrected chi connectivity index (χ0v) is 13.9. The zero-order valence-electron chi connectivity index (χ0n) is 12.2. The van der Waals surface area contributed by atoms with Crippen LogP contribution in [0.15, 0.2) is 0 Å². The number of carbonyl (C=O) groups excluding carboxylic acids is 2. The molecule has 1 N–H and O–H groups in total. The Kier molecular flexibility index (Phi) is 4.27. The van der Waals surface area contributed by atoms with E-state index in [4.69, 9.17) is 9.29 Å². The van der Waals surface area contributed by atoms with Crippen molar-refractivity contribution in [1.29, 1.82) is 0 Å². The topological polar surface area (TPSA) is 107 Å². The lowest BCUT2D eigenvalue weighted by atomic mass is 9.80. The Hall–Kier alpha value is -1.08. The van der Waals surface area contributed by atoms with E-state index in [1.54, 1.807) is 0 Å². The summed E-state index contributed by atoms with van der Waals surface area (Å²) >= 11 is 1.37. The predicted molar refractivity (Wildman–Crippen MR) is 73.7 cm³/mol. The number of carbonyl (C=O) groups is 2. The van der Waals surface area contributed by atoms with E-state index in [2.05, 4.69) is 4.74 Å². The molecule has 0 aromatic rings. The fourth-order valence-electron chi connectivity index (χ4n) is 3.32. The smallest absolute Gasteiger partial charge is 0.431 e. The van der Waals surface area contributed by atoms with Crippen LogP contribution < -0.4 is 0 Å². The van der Waals surface area contributed by atoms with Crippen molar-refractivity contribution in [1.82, 2.24) is 0 Å². The number of ether oxygens (including phenoxy) is 2. The first kappa shape index (κ1) is 18.7. The molecule has 3 aliphatic heterocycles. The molecule has 5 unspecified atom stereocenters. The van der Waals surface area contributed by atoms with Crippen molar-refractivity contribution >= 4 is 33.8 Å². The van der Waals surface area contributed by atoms with Gasteiger partial charge in [-0.05, 0) is 6.42 Å². The van der Waals surface area contributed by atoms with Crippen LogP contribution in [0.25, 0.3) is 0 Å². The number of hydrogen-bond donors (Lipinski definition) is 1. The van der Waals surface area contributed by atoms with Gasteiger partial charge in [-0.1, -0.05) is 0 Å². The van der Waals surface area contributed by atoms with E-state index < -0.39 is 58.1 Å². The molecule has 3 heterocycles. The molecule has 2 bridgehead atoms. The maximum Gasteiger partial charge on any atom is 0.431 e. The summed E-state index contributed by atoms with van der Waals surface area (Å²) in [7, 11) is -6.34. The molecular weight excluding hydrogens is 396 g/mol. The summed E-state index contributed by atoms with van der Waals surface area (Å²) < 4.78 is 91.4. The summed E-state index contributed by atoms with van der Waals surface area (Å²) in [6.07, 6.45) is -1.67. The highest BCUT2D eigenvalue weighted by Crippen LogP contribution is 2.58.